The molecule has 0 saturated heterocycles. The van der Waals surface area contributed by atoms with Crippen LogP contribution in [-0.4, -0.2) is 27.9 Å². The third-order valence-corrected chi connectivity index (χ3v) is 3.85. The third kappa shape index (κ3) is 4.47. The monoisotopic (exact) mass is 349 g/mol. The van der Waals surface area contributed by atoms with E-state index < -0.39 is 5.91 Å². The number of nitrogens with one attached hydrogen (secondary N) is 2. The molecule has 0 aliphatic rings. The summed E-state index contributed by atoms with van der Waals surface area (Å²) in [5.41, 5.74) is 8.38. The molecule has 0 radical (unpaired) electrons. The van der Waals surface area contributed by atoms with E-state index in [1.807, 2.05) is 35.0 Å². The zero-order valence-electron chi connectivity index (χ0n) is 14.1. The van der Waals surface area contributed by atoms with Crippen molar-refractivity contribution in [1.82, 2.24) is 14.9 Å². The second kappa shape index (κ2) is 7.98. The van der Waals surface area contributed by atoms with Gasteiger partial charge in [0.1, 0.15) is 0 Å². The average molecular weight is 349 g/mol. The lowest BCUT2D eigenvalue weighted by Gasteiger charge is -2.09. The van der Waals surface area contributed by atoms with Crippen molar-refractivity contribution >= 4 is 17.5 Å². The first-order valence-electron chi connectivity index (χ1n) is 8.09. The number of primary amides is 1. The number of benzene rings is 2. The summed E-state index contributed by atoms with van der Waals surface area (Å²) in [6.07, 6.45) is 5.33. The lowest BCUT2D eigenvalue weighted by molar-refractivity contribution is -0.119. The number of imidazole rings is 1. The number of carbonyl (C=O) groups excluding carboxylic acids is 2. The molecule has 0 saturated carbocycles. The highest BCUT2D eigenvalue weighted by atomic mass is 16.2. The summed E-state index contributed by atoms with van der Waals surface area (Å²) in [7, 11) is 0. The Morgan fingerprint density at radius 2 is 1.77 bits per heavy atom. The van der Waals surface area contributed by atoms with Crippen LogP contribution in [0.2, 0.25) is 0 Å². The lowest BCUT2D eigenvalue weighted by atomic mass is 10.2. The van der Waals surface area contributed by atoms with Gasteiger partial charge in [-0.3, -0.25) is 9.59 Å². The molecule has 0 atom stereocenters. The number of nitrogens with two attached hydrogens (primary N) is 1. The first-order chi connectivity index (χ1) is 12.6. The summed E-state index contributed by atoms with van der Waals surface area (Å²) in [6.45, 7) is 0.592. The van der Waals surface area contributed by atoms with Gasteiger partial charge >= 0.3 is 0 Å². The smallest absolute Gasteiger partial charge is 0.248 e. The molecule has 0 unspecified atom stereocenters. The van der Waals surface area contributed by atoms with Crippen molar-refractivity contribution in [2.24, 2.45) is 5.73 Å². The van der Waals surface area contributed by atoms with Crippen molar-refractivity contribution in [2.45, 2.75) is 6.54 Å². The van der Waals surface area contributed by atoms with Crippen molar-refractivity contribution in [1.29, 1.82) is 0 Å². The molecule has 0 fully saturated rings. The fraction of sp³-hybridized carbons (Fsp3) is 0.105. The zero-order chi connectivity index (χ0) is 18.4. The van der Waals surface area contributed by atoms with Crippen molar-refractivity contribution in [3.8, 4) is 5.69 Å². The number of carbonyl (C=O) groups is 2. The van der Waals surface area contributed by atoms with Crippen LogP contribution >= 0.6 is 0 Å². The maximum absolute atomic E-state index is 12.0. The van der Waals surface area contributed by atoms with Gasteiger partial charge in [-0.05, 0) is 42.0 Å². The van der Waals surface area contributed by atoms with E-state index in [9.17, 15) is 9.59 Å². The third-order valence-electron chi connectivity index (χ3n) is 3.85. The van der Waals surface area contributed by atoms with E-state index in [0.29, 0.717) is 12.1 Å². The van der Waals surface area contributed by atoms with E-state index in [1.165, 1.54) is 0 Å². The molecule has 26 heavy (non-hydrogen) atoms. The molecule has 3 aromatic rings. The van der Waals surface area contributed by atoms with Gasteiger partial charge in [0.05, 0.1) is 12.9 Å². The minimum atomic E-state index is -0.478. The normalized spacial score (nSPS) is 10.3. The molecule has 0 bridgehead atoms. The highest BCUT2D eigenvalue weighted by Crippen LogP contribution is 2.10. The summed E-state index contributed by atoms with van der Waals surface area (Å²) in [4.78, 5) is 27.0. The highest BCUT2D eigenvalue weighted by molar-refractivity contribution is 5.93. The number of hydrogen-bond donors (Lipinski definition) is 3. The van der Waals surface area contributed by atoms with E-state index in [-0.39, 0.29) is 12.5 Å². The molecular formula is C19H19N5O2. The summed E-state index contributed by atoms with van der Waals surface area (Å²) >= 11 is 0. The maximum atomic E-state index is 12.0. The van der Waals surface area contributed by atoms with E-state index >= 15 is 0 Å². The van der Waals surface area contributed by atoms with Crippen molar-refractivity contribution in [2.75, 3.05) is 11.9 Å². The molecule has 0 aliphatic heterocycles. The van der Waals surface area contributed by atoms with Gasteiger partial charge in [-0.2, -0.15) is 0 Å². The Hall–Kier alpha value is -3.61. The summed E-state index contributed by atoms with van der Waals surface area (Å²) in [5.74, 6) is -0.601. The Bertz CT molecular complexity index is 871. The van der Waals surface area contributed by atoms with Crippen LogP contribution in [0.1, 0.15) is 15.9 Å². The minimum Gasteiger partial charge on any atom is -0.376 e. The van der Waals surface area contributed by atoms with Crippen molar-refractivity contribution < 1.29 is 9.59 Å². The Labute approximate surface area is 150 Å². The second-order valence-corrected chi connectivity index (χ2v) is 5.71. The van der Waals surface area contributed by atoms with Gasteiger partial charge in [-0.15, -0.1) is 0 Å². The van der Waals surface area contributed by atoms with Gasteiger partial charge in [0, 0.05) is 35.9 Å². The largest absolute Gasteiger partial charge is 0.376 e. The van der Waals surface area contributed by atoms with Gasteiger partial charge < -0.3 is 20.9 Å². The number of anilines is 1. The van der Waals surface area contributed by atoms with Crippen molar-refractivity contribution in [3.63, 3.8) is 0 Å². The number of amides is 2. The Morgan fingerprint density at radius 1 is 1.04 bits per heavy atom. The van der Waals surface area contributed by atoms with Gasteiger partial charge in [0.2, 0.25) is 11.8 Å². The highest BCUT2D eigenvalue weighted by Gasteiger charge is 2.03. The number of nitrogens with zero attached hydrogens (tertiary/aromatic N) is 2. The fourth-order valence-corrected chi connectivity index (χ4v) is 2.40. The van der Waals surface area contributed by atoms with Gasteiger partial charge in [0.25, 0.3) is 0 Å². The van der Waals surface area contributed by atoms with Crippen LogP contribution in [-0.2, 0) is 11.3 Å². The first kappa shape index (κ1) is 17.2. The van der Waals surface area contributed by atoms with Gasteiger partial charge in [-0.1, -0.05) is 12.1 Å². The summed E-state index contributed by atoms with van der Waals surface area (Å²) in [6, 6.07) is 14.5. The molecule has 132 valence electrons. The molecule has 2 aromatic carbocycles. The predicted molar refractivity (Wildman–Crippen MR) is 98.9 cm³/mol. The maximum Gasteiger partial charge on any atom is 0.248 e. The first-order valence-corrected chi connectivity index (χ1v) is 8.09. The van der Waals surface area contributed by atoms with E-state index in [0.717, 1.165) is 16.9 Å². The SMILES string of the molecule is NC(=O)c1ccc(NCC(=O)NCc2ccc(-n3ccnc3)cc2)cc1. The minimum absolute atomic E-state index is 0.123. The van der Waals surface area contributed by atoms with Crippen LogP contribution in [0, 0.1) is 0 Å². The molecule has 7 heteroatoms. The molecule has 0 aliphatic carbocycles. The van der Waals surface area contributed by atoms with Crippen molar-refractivity contribution in [3.05, 3.63) is 78.4 Å². The fourth-order valence-electron chi connectivity index (χ4n) is 2.40. The molecule has 3 rings (SSSR count). The second-order valence-electron chi connectivity index (χ2n) is 5.71. The van der Waals surface area contributed by atoms with E-state index in [4.69, 9.17) is 5.73 Å². The van der Waals surface area contributed by atoms with Crippen LogP contribution < -0.4 is 16.4 Å². The topological polar surface area (TPSA) is 102 Å². The average Bonchev–Trinajstić information content (AvgIpc) is 3.20. The lowest BCUT2D eigenvalue weighted by Crippen LogP contribution is -2.29. The van der Waals surface area contributed by atoms with Crippen LogP contribution in [0.15, 0.2) is 67.3 Å². The summed E-state index contributed by atoms with van der Waals surface area (Å²) < 4.78 is 1.91. The Balaban J connectivity index is 1.45. The van der Waals surface area contributed by atoms with E-state index in [2.05, 4.69) is 15.6 Å². The predicted octanol–water partition coefficient (Wildman–Crippen LogP) is 1.70. The molecule has 7 nitrogen and oxygen atoms in total. The summed E-state index contributed by atoms with van der Waals surface area (Å²) in [5, 5.41) is 5.86. The zero-order valence-corrected chi connectivity index (χ0v) is 14.1. The Morgan fingerprint density at radius 3 is 2.38 bits per heavy atom. The molecule has 1 heterocycles. The Kier molecular flexibility index (Phi) is 5.28. The standard InChI is InChI=1S/C19H19N5O2/c20-19(26)15-3-5-16(6-4-15)22-12-18(25)23-11-14-1-7-17(8-2-14)24-10-9-21-13-24/h1-10,13,22H,11-12H2,(H2,20,26)(H,23,25). The number of rotatable bonds is 7. The molecule has 2 amide bonds. The van der Waals surface area contributed by atoms with Crippen LogP contribution in [0.5, 0.6) is 0 Å². The van der Waals surface area contributed by atoms with E-state index in [1.54, 1.807) is 36.8 Å². The number of hydrogen-bond acceptors (Lipinski definition) is 4. The molecular weight excluding hydrogens is 330 g/mol. The van der Waals surface area contributed by atoms with Gasteiger partial charge in [-0.25, -0.2) is 4.98 Å². The molecule has 0 spiro atoms. The quantitative estimate of drug-likeness (QED) is 0.604. The number of aromatic nitrogens is 2. The molecule has 4 N–H and O–H groups in total. The van der Waals surface area contributed by atoms with Gasteiger partial charge in [0.15, 0.2) is 0 Å². The van der Waals surface area contributed by atoms with Crippen LogP contribution in [0.3, 0.4) is 0 Å². The van der Waals surface area contributed by atoms with Crippen LogP contribution in [0.25, 0.3) is 5.69 Å². The molecule has 1 aromatic heterocycles. The van der Waals surface area contributed by atoms with Crippen LogP contribution in [0.4, 0.5) is 5.69 Å².